The molecule has 2 fully saturated rings. The fraction of sp³-hybridized carbons (Fsp3) is 1.00. The summed E-state index contributed by atoms with van der Waals surface area (Å²) in [7, 11) is 0. The summed E-state index contributed by atoms with van der Waals surface area (Å²) in [4.78, 5) is 0. The highest BCUT2D eigenvalue weighted by molar-refractivity contribution is 8.00. The quantitative estimate of drug-likeness (QED) is 0.751. The predicted octanol–water partition coefficient (Wildman–Crippen LogP) is 1.83. The molecule has 0 radical (unpaired) electrons. The van der Waals surface area contributed by atoms with E-state index in [4.69, 9.17) is 0 Å². The Morgan fingerprint density at radius 2 is 1.83 bits per heavy atom. The third kappa shape index (κ3) is 2.57. The highest BCUT2D eigenvalue weighted by atomic mass is 32.2. The molecule has 0 bridgehead atoms. The second-order valence-corrected chi connectivity index (χ2v) is 6.00. The number of rotatable bonds is 3. The number of nitrogens with one attached hydrogen (secondary N) is 1. The van der Waals surface area contributed by atoms with Crippen molar-refractivity contribution in [2.24, 2.45) is 5.92 Å². The largest absolute Gasteiger partial charge is 0.312 e. The standard InChI is InChI=1S/C9H17NS2/c1-3-11-4-2-8(1)5-10-9-6-12-7-9/h8-10H,1-7H2. The first-order valence-corrected chi connectivity index (χ1v) is 7.15. The van der Waals surface area contributed by atoms with Crippen LogP contribution in [0.4, 0.5) is 0 Å². The number of hydrogen-bond donors (Lipinski definition) is 1. The van der Waals surface area contributed by atoms with E-state index in [0.29, 0.717) is 0 Å². The van der Waals surface area contributed by atoms with E-state index in [9.17, 15) is 0 Å². The van der Waals surface area contributed by atoms with Gasteiger partial charge in [0.15, 0.2) is 0 Å². The summed E-state index contributed by atoms with van der Waals surface area (Å²) in [5.41, 5.74) is 0. The summed E-state index contributed by atoms with van der Waals surface area (Å²) >= 11 is 4.19. The molecule has 70 valence electrons. The minimum absolute atomic E-state index is 0.851. The lowest BCUT2D eigenvalue weighted by Crippen LogP contribution is -2.43. The highest BCUT2D eigenvalue weighted by Gasteiger charge is 2.19. The third-order valence-corrected chi connectivity index (χ3v) is 5.00. The first kappa shape index (κ1) is 9.22. The Labute approximate surface area is 83.4 Å². The van der Waals surface area contributed by atoms with Crippen LogP contribution in [0.2, 0.25) is 0 Å². The normalized spacial score (nSPS) is 27.0. The van der Waals surface area contributed by atoms with Crippen LogP contribution in [0, 0.1) is 5.92 Å². The van der Waals surface area contributed by atoms with E-state index in [1.165, 1.54) is 42.4 Å². The van der Waals surface area contributed by atoms with Crippen molar-refractivity contribution < 1.29 is 0 Å². The molecule has 0 aromatic heterocycles. The topological polar surface area (TPSA) is 12.0 Å². The molecule has 0 spiro atoms. The van der Waals surface area contributed by atoms with Crippen molar-refractivity contribution in [3.63, 3.8) is 0 Å². The van der Waals surface area contributed by atoms with Gasteiger partial charge in [-0.3, -0.25) is 0 Å². The fourth-order valence-electron chi connectivity index (χ4n) is 1.64. The van der Waals surface area contributed by atoms with E-state index in [1.807, 2.05) is 0 Å². The molecule has 0 amide bonds. The van der Waals surface area contributed by atoms with Gasteiger partial charge in [-0.05, 0) is 36.8 Å². The van der Waals surface area contributed by atoms with Gasteiger partial charge in [-0.2, -0.15) is 23.5 Å². The maximum absolute atomic E-state index is 3.66. The zero-order valence-electron chi connectivity index (χ0n) is 7.42. The molecule has 0 unspecified atom stereocenters. The van der Waals surface area contributed by atoms with Gasteiger partial charge in [-0.25, -0.2) is 0 Å². The molecule has 2 rings (SSSR count). The number of thioether (sulfide) groups is 2. The Bertz CT molecular complexity index is 130. The fourth-order valence-corrected chi connectivity index (χ4v) is 3.55. The van der Waals surface area contributed by atoms with E-state index in [0.717, 1.165) is 12.0 Å². The van der Waals surface area contributed by atoms with Crippen LogP contribution in [0.1, 0.15) is 12.8 Å². The third-order valence-electron chi connectivity index (χ3n) is 2.67. The smallest absolute Gasteiger partial charge is 0.0248 e. The van der Waals surface area contributed by atoms with E-state index in [-0.39, 0.29) is 0 Å². The Hall–Kier alpha value is 0.660. The molecule has 0 saturated carbocycles. The number of hydrogen-bond acceptors (Lipinski definition) is 3. The second-order valence-electron chi connectivity index (χ2n) is 3.70. The van der Waals surface area contributed by atoms with Gasteiger partial charge in [0.25, 0.3) is 0 Å². The van der Waals surface area contributed by atoms with Gasteiger partial charge in [0.05, 0.1) is 0 Å². The molecule has 0 atom stereocenters. The SMILES string of the molecule is C1CC(CNC2CSC2)CCS1. The molecule has 0 aliphatic carbocycles. The van der Waals surface area contributed by atoms with Crippen molar-refractivity contribution in [1.82, 2.24) is 5.32 Å². The molecule has 0 aromatic rings. The van der Waals surface area contributed by atoms with Crippen LogP contribution in [-0.4, -0.2) is 35.6 Å². The van der Waals surface area contributed by atoms with Gasteiger partial charge in [0.1, 0.15) is 0 Å². The van der Waals surface area contributed by atoms with Crippen LogP contribution < -0.4 is 5.32 Å². The Balaban J connectivity index is 1.58. The van der Waals surface area contributed by atoms with Crippen molar-refractivity contribution in [3.05, 3.63) is 0 Å². The lowest BCUT2D eigenvalue weighted by Gasteiger charge is -2.29. The summed E-state index contributed by atoms with van der Waals surface area (Å²) < 4.78 is 0. The average Bonchev–Trinajstić information content (AvgIpc) is 2.04. The molecule has 12 heavy (non-hydrogen) atoms. The summed E-state index contributed by atoms with van der Waals surface area (Å²) in [5, 5.41) is 3.66. The maximum atomic E-state index is 3.66. The van der Waals surface area contributed by atoms with Crippen LogP contribution in [0.5, 0.6) is 0 Å². The van der Waals surface area contributed by atoms with Gasteiger partial charge in [-0.15, -0.1) is 0 Å². The molecule has 2 heterocycles. The van der Waals surface area contributed by atoms with Crippen molar-refractivity contribution in [3.8, 4) is 0 Å². The van der Waals surface area contributed by atoms with Crippen LogP contribution >= 0.6 is 23.5 Å². The second kappa shape index (κ2) is 4.77. The maximum Gasteiger partial charge on any atom is 0.0248 e. The van der Waals surface area contributed by atoms with E-state index >= 15 is 0 Å². The van der Waals surface area contributed by atoms with Gasteiger partial charge in [0, 0.05) is 17.5 Å². The van der Waals surface area contributed by atoms with E-state index < -0.39 is 0 Å². The zero-order valence-corrected chi connectivity index (χ0v) is 9.05. The van der Waals surface area contributed by atoms with Crippen LogP contribution in [0.25, 0.3) is 0 Å². The van der Waals surface area contributed by atoms with Gasteiger partial charge in [-0.1, -0.05) is 0 Å². The summed E-state index contributed by atoms with van der Waals surface area (Å²) in [6.07, 6.45) is 2.88. The van der Waals surface area contributed by atoms with Crippen LogP contribution in [0.3, 0.4) is 0 Å². The molecular weight excluding hydrogens is 186 g/mol. The van der Waals surface area contributed by atoms with Crippen LogP contribution in [-0.2, 0) is 0 Å². The van der Waals surface area contributed by atoms with Crippen LogP contribution in [0.15, 0.2) is 0 Å². The van der Waals surface area contributed by atoms with Crippen molar-refractivity contribution in [1.29, 1.82) is 0 Å². The van der Waals surface area contributed by atoms with Crippen molar-refractivity contribution in [2.45, 2.75) is 18.9 Å². The first-order chi connectivity index (χ1) is 5.95. The Morgan fingerprint density at radius 3 is 2.42 bits per heavy atom. The summed E-state index contributed by atoms with van der Waals surface area (Å²) in [6.45, 7) is 1.28. The minimum Gasteiger partial charge on any atom is -0.312 e. The molecule has 1 nitrogen and oxygen atoms in total. The summed E-state index contributed by atoms with van der Waals surface area (Å²) in [6, 6.07) is 0.851. The molecule has 2 aliphatic heterocycles. The average molecular weight is 203 g/mol. The molecule has 1 N–H and O–H groups in total. The van der Waals surface area contributed by atoms with Crippen molar-refractivity contribution in [2.75, 3.05) is 29.6 Å². The van der Waals surface area contributed by atoms with Gasteiger partial charge >= 0.3 is 0 Å². The summed E-state index contributed by atoms with van der Waals surface area (Å²) in [5.74, 6) is 6.47. The predicted molar refractivity (Wildman–Crippen MR) is 59.2 cm³/mol. The van der Waals surface area contributed by atoms with Gasteiger partial charge < -0.3 is 5.32 Å². The minimum atomic E-state index is 0.851. The van der Waals surface area contributed by atoms with Crippen molar-refractivity contribution >= 4 is 23.5 Å². The van der Waals surface area contributed by atoms with E-state index in [1.54, 1.807) is 0 Å². The lowest BCUT2D eigenvalue weighted by atomic mass is 10.0. The first-order valence-electron chi connectivity index (χ1n) is 4.84. The van der Waals surface area contributed by atoms with Gasteiger partial charge in [0.2, 0.25) is 0 Å². The van der Waals surface area contributed by atoms with E-state index in [2.05, 4.69) is 28.8 Å². The lowest BCUT2D eigenvalue weighted by molar-refractivity contribution is 0.425. The molecule has 3 heteroatoms. The Morgan fingerprint density at radius 1 is 1.08 bits per heavy atom. The molecule has 0 aromatic carbocycles. The Kier molecular flexibility index (Phi) is 3.67. The zero-order chi connectivity index (χ0) is 8.23. The molecule has 2 aliphatic rings. The monoisotopic (exact) mass is 203 g/mol. The highest BCUT2D eigenvalue weighted by Crippen LogP contribution is 2.23. The molecule has 2 saturated heterocycles. The molecular formula is C9H17NS2.